The Kier molecular flexibility index (Phi) is 3.69. The third-order valence-corrected chi connectivity index (χ3v) is 2.87. The lowest BCUT2D eigenvalue weighted by Gasteiger charge is -2.08. The van der Waals surface area contributed by atoms with E-state index in [1.165, 1.54) is 6.42 Å². The maximum absolute atomic E-state index is 5.57. The summed E-state index contributed by atoms with van der Waals surface area (Å²) in [5.41, 5.74) is 0. The van der Waals surface area contributed by atoms with Crippen LogP contribution in [0.25, 0.3) is 0 Å². The molecule has 0 saturated carbocycles. The first-order valence-corrected chi connectivity index (χ1v) is 5.47. The fraction of sp³-hybridized carbons (Fsp3) is 0.800. The van der Waals surface area contributed by atoms with Crippen molar-refractivity contribution in [3.63, 3.8) is 0 Å². The fourth-order valence-electron chi connectivity index (χ4n) is 1.83. The number of rotatable bonds is 5. The first-order valence-electron chi connectivity index (χ1n) is 5.47. The summed E-state index contributed by atoms with van der Waals surface area (Å²) in [6.07, 6.45) is 3.98. The van der Waals surface area contributed by atoms with Crippen LogP contribution in [0.4, 0.5) is 0 Å². The molecule has 1 N–H and O–H groups in total. The van der Waals surface area contributed by atoms with E-state index < -0.39 is 0 Å². The van der Waals surface area contributed by atoms with Gasteiger partial charge in [0.25, 0.3) is 0 Å². The Bertz CT molecular complexity index is 293. The smallest absolute Gasteiger partial charge is 0.152 e. The average Bonchev–Trinajstić information content (AvgIpc) is 2.85. The molecule has 15 heavy (non-hydrogen) atoms. The lowest BCUT2D eigenvalue weighted by Crippen LogP contribution is -2.11. The number of hydrogen-bond acceptors (Lipinski definition) is 4. The number of nitrogens with zero attached hydrogens (tertiary/aromatic N) is 3. The van der Waals surface area contributed by atoms with Gasteiger partial charge in [0.15, 0.2) is 5.82 Å². The molecule has 0 aliphatic carbocycles. The molecular weight excluding hydrogens is 192 g/mol. The van der Waals surface area contributed by atoms with Gasteiger partial charge in [0.1, 0.15) is 12.9 Å². The molecule has 0 amide bonds. The van der Waals surface area contributed by atoms with Gasteiger partial charge in [0.2, 0.25) is 0 Å². The molecule has 1 aliphatic rings. The summed E-state index contributed by atoms with van der Waals surface area (Å²) in [5, 5.41) is 7.34. The minimum atomic E-state index is 0.566. The molecule has 1 atom stereocenters. The van der Waals surface area contributed by atoms with Gasteiger partial charge >= 0.3 is 0 Å². The number of nitrogens with one attached hydrogen (secondary N) is 1. The van der Waals surface area contributed by atoms with Crippen LogP contribution in [0, 0.1) is 5.92 Å². The summed E-state index contributed by atoms with van der Waals surface area (Å²) in [7, 11) is 1.88. The van der Waals surface area contributed by atoms with Crippen LogP contribution in [0.2, 0.25) is 0 Å². The van der Waals surface area contributed by atoms with Crippen molar-refractivity contribution in [2.24, 2.45) is 13.0 Å². The van der Waals surface area contributed by atoms with E-state index in [0.717, 1.165) is 37.9 Å². The Morgan fingerprint density at radius 3 is 3.27 bits per heavy atom. The van der Waals surface area contributed by atoms with Gasteiger partial charge in [-0.05, 0) is 31.8 Å². The third kappa shape index (κ3) is 3.00. The molecule has 5 heteroatoms. The highest BCUT2D eigenvalue weighted by molar-refractivity contribution is 4.79. The molecule has 1 aliphatic heterocycles. The fourth-order valence-corrected chi connectivity index (χ4v) is 1.83. The standard InChI is InChI=1S/C10H18N4O/c1-14-10(12-8-13-14)7-15-5-3-9-2-4-11-6-9/h8-9,11H,2-7H2,1H3. The van der Waals surface area contributed by atoms with Gasteiger partial charge in [0, 0.05) is 13.7 Å². The summed E-state index contributed by atoms with van der Waals surface area (Å²) < 4.78 is 7.32. The summed E-state index contributed by atoms with van der Waals surface area (Å²) in [6.45, 7) is 3.69. The maximum atomic E-state index is 5.57. The van der Waals surface area contributed by atoms with E-state index in [1.807, 2.05) is 7.05 Å². The number of aromatic nitrogens is 3. The van der Waals surface area contributed by atoms with Crippen LogP contribution in [0.3, 0.4) is 0 Å². The number of ether oxygens (including phenoxy) is 1. The highest BCUT2D eigenvalue weighted by atomic mass is 16.5. The SMILES string of the molecule is Cn1ncnc1COCCC1CCNC1. The molecule has 2 heterocycles. The van der Waals surface area contributed by atoms with Crippen molar-refractivity contribution in [3.05, 3.63) is 12.2 Å². The molecule has 1 unspecified atom stereocenters. The molecule has 84 valence electrons. The Morgan fingerprint density at radius 2 is 2.60 bits per heavy atom. The summed E-state index contributed by atoms with van der Waals surface area (Å²) in [6, 6.07) is 0. The summed E-state index contributed by atoms with van der Waals surface area (Å²) >= 11 is 0. The highest BCUT2D eigenvalue weighted by Gasteiger charge is 2.13. The van der Waals surface area contributed by atoms with E-state index in [4.69, 9.17) is 4.74 Å². The largest absolute Gasteiger partial charge is 0.373 e. The minimum absolute atomic E-state index is 0.566. The van der Waals surface area contributed by atoms with E-state index in [1.54, 1.807) is 11.0 Å². The maximum Gasteiger partial charge on any atom is 0.152 e. The zero-order valence-corrected chi connectivity index (χ0v) is 9.15. The normalized spacial score (nSPS) is 21.0. The molecule has 1 fully saturated rings. The van der Waals surface area contributed by atoms with Gasteiger partial charge in [0.05, 0.1) is 0 Å². The van der Waals surface area contributed by atoms with Crippen molar-refractivity contribution in [3.8, 4) is 0 Å². The predicted octanol–water partition coefficient (Wildman–Crippen LogP) is 0.331. The summed E-state index contributed by atoms with van der Waals surface area (Å²) in [4.78, 5) is 4.10. The van der Waals surface area contributed by atoms with Crippen LogP contribution < -0.4 is 5.32 Å². The van der Waals surface area contributed by atoms with Gasteiger partial charge in [-0.3, -0.25) is 4.68 Å². The van der Waals surface area contributed by atoms with Crippen molar-refractivity contribution in [2.45, 2.75) is 19.4 Å². The van der Waals surface area contributed by atoms with E-state index in [9.17, 15) is 0 Å². The molecule has 1 aromatic rings. The Labute approximate surface area is 89.8 Å². The van der Waals surface area contributed by atoms with Crippen LogP contribution >= 0.6 is 0 Å². The lowest BCUT2D eigenvalue weighted by molar-refractivity contribution is 0.102. The van der Waals surface area contributed by atoms with Gasteiger partial charge in [-0.15, -0.1) is 0 Å². The molecule has 0 bridgehead atoms. The van der Waals surface area contributed by atoms with Crippen LogP contribution in [-0.2, 0) is 18.4 Å². The zero-order valence-electron chi connectivity index (χ0n) is 9.15. The van der Waals surface area contributed by atoms with E-state index in [-0.39, 0.29) is 0 Å². The third-order valence-electron chi connectivity index (χ3n) is 2.87. The van der Waals surface area contributed by atoms with Crippen molar-refractivity contribution < 1.29 is 4.74 Å². The van der Waals surface area contributed by atoms with Crippen LogP contribution in [-0.4, -0.2) is 34.5 Å². The molecule has 1 aromatic heterocycles. The molecular formula is C10H18N4O. The van der Waals surface area contributed by atoms with Crippen LogP contribution in [0.5, 0.6) is 0 Å². The Hall–Kier alpha value is -0.940. The monoisotopic (exact) mass is 210 g/mol. The van der Waals surface area contributed by atoms with Crippen LogP contribution in [0.1, 0.15) is 18.7 Å². The van der Waals surface area contributed by atoms with Gasteiger partial charge in [-0.2, -0.15) is 5.10 Å². The number of hydrogen-bond donors (Lipinski definition) is 1. The highest BCUT2D eigenvalue weighted by Crippen LogP contribution is 2.12. The molecule has 0 radical (unpaired) electrons. The minimum Gasteiger partial charge on any atom is -0.373 e. The zero-order chi connectivity index (χ0) is 10.5. The van der Waals surface area contributed by atoms with E-state index in [2.05, 4.69) is 15.4 Å². The quantitative estimate of drug-likeness (QED) is 0.712. The Morgan fingerprint density at radius 1 is 1.67 bits per heavy atom. The lowest BCUT2D eigenvalue weighted by atomic mass is 10.1. The molecule has 1 saturated heterocycles. The van der Waals surface area contributed by atoms with Crippen molar-refractivity contribution in [1.82, 2.24) is 20.1 Å². The second-order valence-corrected chi connectivity index (χ2v) is 4.00. The van der Waals surface area contributed by atoms with Crippen molar-refractivity contribution in [2.75, 3.05) is 19.7 Å². The van der Waals surface area contributed by atoms with Crippen molar-refractivity contribution >= 4 is 0 Å². The second-order valence-electron chi connectivity index (χ2n) is 4.00. The van der Waals surface area contributed by atoms with Crippen LogP contribution in [0.15, 0.2) is 6.33 Å². The predicted molar refractivity (Wildman–Crippen MR) is 56.3 cm³/mol. The molecule has 2 rings (SSSR count). The molecule has 5 nitrogen and oxygen atoms in total. The topological polar surface area (TPSA) is 52.0 Å². The molecule has 0 aromatic carbocycles. The number of aryl methyl sites for hydroxylation is 1. The molecule has 0 spiro atoms. The van der Waals surface area contributed by atoms with E-state index in [0.29, 0.717) is 6.61 Å². The van der Waals surface area contributed by atoms with E-state index >= 15 is 0 Å². The first kappa shape index (κ1) is 10.6. The second kappa shape index (κ2) is 5.23. The van der Waals surface area contributed by atoms with Crippen molar-refractivity contribution in [1.29, 1.82) is 0 Å². The summed E-state index contributed by atoms with van der Waals surface area (Å²) in [5.74, 6) is 1.68. The first-order chi connectivity index (χ1) is 7.36. The average molecular weight is 210 g/mol. The van der Waals surface area contributed by atoms with Gasteiger partial charge in [-0.1, -0.05) is 0 Å². The van der Waals surface area contributed by atoms with Gasteiger partial charge in [-0.25, -0.2) is 4.98 Å². The van der Waals surface area contributed by atoms with Gasteiger partial charge < -0.3 is 10.1 Å². The Balaban J connectivity index is 1.60.